The number of rotatable bonds is 10. The molecule has 31 heavy (non-hydrogen) atoms. The number of nitrogens with one attached hydrogen (secondary N) is 3. The molecule has 1 unspecified atom stereocenters. The molecule has 1 heterocycles. The summed E-state index contributed by atoms with van der Waals surface area (Å²) in [4.78, 5) is 19.1. The molecule has 0 spiro atoms. The number of hydrogen-bond donors (Lipinski definition) is 3. The summed E-state index contributed by atoms with van der Waals surface area (Å²) in [6, 6.07) is 8.18. The van der Waals surface area contributed by atoms with Crippen LogP contribution in [0.25, 0.3) is 0 Å². The molecule has 176 valence electrons. The summed E-state index contributed by atoms with van der Waals surface area (Å²) in [5, 5.41) is 9.78. The quantitative estimate of drug-likeness (QED) is 0.240. The molecule has 0 radical (unpaired) electrons. The molecule has 1 atom stereocenters. The topological polar surface area (TPSA) is 78.0 Å². The molecule has 3 N–H and O–H groups in total. The van der Waals surface area contributed by atoms with Crippen molar-refractivity contribution in [2.24, 2.45) is 10.9 Å². The first-order valence-electron chi connectivity index (χ1n) is 11.2. The van der Waals surface area contributed by atoms with E-state index in [1.807, 2.05) is 31.2 Å². The molecule has 1 aliphatic rings. The molecule has 0 saturated carbocycles. The van der Waals surface area contributed by atoms with Crippen molar-refractivity contribution in [3.63, 3.8) is 0 Å². The number of carbonyl (C=O) groups is 1. The summed E-state index contributed by atoms with van der Waals surface area (Å²) < 4.78 is 5.51. The van der Waals surface area contributed by atoms with Gasteiger partial charge in [-0.3, -0.25) is 14.7 Å². The van der Waals surface area contributed by atoms with Gasteiger partial charge in [-0.15, -0.1) is 24.0 Å². The van der Waals surface area contributed by atoms with Crippen molar-refractivity contribution in [3.05, 3.63) is 35.4 Å². The molecule has 1 aromatic carbocycles. The summed E-state index contributed by atoms with van der Waals surface area (Å²) in [5.74, 6) is 1.39. The van der Waals surface area contributed by atoms with Crippen molar-refractivity contribution < 1.29 is 9.53 Å². The third kappa shape index (κ3) is 10.2. The Labute approximate surface area is 204 Å². The van der Waals surface area contributed by atoms with Crippen LogP contribution in [0.5, 0.6) is 0 Å². The van der Waals surface area contributed by atoms with Crippen LogP contribution >= 0.6 is 24.0 Å². The van der Waals surface area contributed by atoms with E-state index in [-0.39, 0.29) is 29.9 Å². The zero-order chi connectivity index (χ0) is 21.8. The maximum Gasteiger partial charge on any atom is 0.251 e. The third-order valence-corrected chi connectivity index (χ3v) is 5.22. The number of guanidine groups is 1. The first-order chi connectivity index (χ1) is 14.5. The summed E-state index contributed by atoms with van der Waals surface area (Å²) in [5.41, 5.74) is 1.74. The highest BCUT2D eigenvalue weighted by atomic mass is 127. The average molecular weight is 546 g/mol. The first-order valence-corrected chi connectivity index (χ1v) is 11.2. The van der Waals surface area contributed by atoms with Crippen molar-refractivity contribution in [1.29, 1.82) is 0 Å². The minimum Gasteiger partial charge on any atom is -0.379 e. The predicted octanol–water partition coefficient (Wildman–Crippen LogP) is 2.86. The fourth-order valence-electron chi connectivity index (χ4n) is 3.63. The van der Waals surface area contributed by atoms with Gasteiger partial charge in [0.2, 0.25) is 0 Å². The van der Waals surface area contributed by atoms with Crippen molar-refractivity contribution in [2.45, 2.75) is 46.2 Å². The molecule has 1 fully saturated rings. The molecule has 1 aromatic rings. The lowest BCUT2D eigenvalue weighted by molar-refractivity contribution is 0.0132. The van der Waals surface area contributed by atoms with Crippen molar-refractivity contribution in [3.8, 4) is 0 Å². The van der Waals surface area contributed by atoms with E-state index in [2.05, 4.69) is 39.7 Å². The number of ether oxygens (including phenoxy) is 1. The normalized spacial score (nSPS) is 15.8. The number of hydrogen-bond acceptors (Lipinski definition) is 4. The van der Waals surface area contributed by atoms with Gasteiger partial charge in [0.25, 0.3) is 5.91 Å². The fraction of sp³-hybridized carbons (Fsp3) is 0.652. The van der Waals surface area contributed by atoms with E-state index in [9.17, 15) is 4.79 Å². The molecular formula is C23H40IN5O2. The van der Waals surface area contributed by atoms with Crippen molar-refractivity contribution >= 4 is 35.8 Å². The minimum atomic E-state index is -0.0248. The second-order valence-corrected chi connectivity index (χ2v) is 8.19. The standard InChI is InChI=1S/C23H39N5O2.HI/c1-5-9-25-22(29)20-8-6-7-19(15-20)16-26-23(24-4)27-17-21(14-18(2)3)28-10-12-30-13-11-28;/h6-8,15,18,21H,5,9-14,16-17H2,1-4H3,(H,25,29)(H2,24,26,27);1H. The molecule has 8 heteroatoms. The van der Waals surface area contributed by atoms with Crippen LogP contribution in [0.4, 0.5) is 0 Å². The molecule has 0 aromatic heterocycles. The Kier molecular flexibility index (Phi) is 13.7. The lowest BCUT2D eigenvalue weighted by Crippen LogP contribution is -2.50. The van der Waals surface area contributed by atoms with E-state index in [1.165, 1.54) is 0 Å². The van der Waals surface area contributed by atoms with E-state index in [0.29, 0.717) is 30.6 Å². The number of amides is 1. The van der Waals surface area contributed by atoms with Crippen molar-refractivity contribution in [2.75, 3.05) is 46.4 Å². The summed E-state index contributed by atoms with van der Waals surface area (Å²) in [6.07, 6.45) is 2.07. The Morgan fingerprint density at radius 2 is 1.94 bits per heavy atom. The van der Waals surface area contributed by atoms with Gasteiger partial charge in [0.05, 0.1) is 13.2 Å². The molecule has 1 saturated heterocycles. The van der Waals surface area contributed by atoms with E-state index in [1.54, 1.807) is 7.05 Å². The number of morpholine rings is 1. The number of aliphatic imine (C=N–C) groups is 1. The number of carbonyl (C=O) groups excluding carboxylic acids is 1. The third-order valence-electron chi connectivity index (χ3n) is 5.22. The van der Waals surface area contributed by atoms with Crippen LogP contribution in [-0.4, -0.2) is 69.2 Å². The van der Waals surface area contributed by atoms with Gasteiger partial charge in [0, 0.05) is 51.4 Å². The van der Waals surface area contributed by atoms with Gasteiger partial charge in [-0.1, -0.05) is 32.9 Å². The highest BCUT2D eigenvalue weighted by Crippen LogP contribution is 2.13. The van der Waals surface area contributed by atoms with Gasteiger partial charge in [-0.05, 0) is 36.5 Å². The predicted molar refractivity (Wildman–Crippen MR) is 138 cm³/mol. The van der Waals surface area contributed by atoms with Gasteiger partial charge in [0.15, 0.2) is 5.96 Å². The van der Waals surface area contributed by atoms with Crippen LogP contribution < -0.4 is 16.0 Å². The number of halogens is 1. The number of benzene rings is 1. The first kappa shape index (κ1) is 27.6. The van der Waals surface area contributed by atoms with E-state index in [4.69, 9.17) is 4.74 Å². The Hall–Kier alpha value is -1.39. The second-order valence-electron chi connectivity index (χ2n) is 8.19. The van der Waals surface area contributed by atoms with Crippen LogP contribution in [0.2, 0.25) is 0 Å². The molecule has 1 aliphatic heterocycles. The van der Waals surface area contributed by atoms with Crippen molar-refractivity contribution in [1.82, 2.24) is 20.9 Å². The SMILES string of the molecule is CCCNC(=O)c1cccc(CNC(=NC)NCC(CC(C)C)N2CCOCC2)c1.I. The molecular weight excluding hydrogens is 505 g/mol. The highest BCUT2D eigenvalue weighted by Gasteiger charge is 2.22. The lowest BCUT2D eigenvalue weighted by Gasteiger charge is -2.35. The summed E-state index contributed by atoms with van der Waals surface area (Å²) >= 11 is 0. The van der Waals surface area contributed by atoms with Crippen LogP contribution in [-0.2, 0) is 11.3 Å². The Morgan fingerprint density at radius 1 is 1.19 bits per heavy atom. The van der Waals surface area contributed by atoms with Crippen LogP contribution in [0.15, 0.2) is 29.3 Å². The molecule has 0 aliphatic carbocycles. The smallest absolute Gasteiger partial charge is 0.251 e. The summed E-state index contributed by atoms with van der Waals surface area (Å²) in [6.45, 7) is 12.3. The Bertz CT molecular complexity index is 678. The molecule has 0 bridgehead atoms. The fourth-order valence-corrected chi connectivity index (χ4v) is 3.63. The van der Waals surface area contributed by atoms with Crippen LogP contribution in [0.1, 0.15) is 49.5 Å². The van der Waals surface area contributed by atoms with Gasteiger partial charge in [-0.25, -0.2) is 0 Å². The average Bonchev–Trinajstić information content (AvgIpc) is 2.77. The second kappa shape index (κ2) is 15.4. The van der Waals surface area contributed by atoms with Gasteiger partial charge >= 0.3 is 0 Å². The van der Waals surface area contributed by atoms with E-state index >= 15 is 0 Å². The van der Waals surface area contributed by atoms with E-state index in [0.717, 1.165) is 57.2 Å². The maximum atomic E-state index is 12.2. The Morgan fingerprint density at radius 3 is 2.58 bits per heavy atom. The highest BCUT2D eigenvalue weighted by molar-refractivity contribution is 14.0. The molecule has 1 amide bonds. The van der Waals surface area contributed by atoms with Gasteiger partial charge in [-0.2, -0.15) is 0 Å². The monoisotopic (exact) mass is 545 g/mol. The maximum absolute atomic E-state index is 12.2. The van der Waals surface area contributed by atoms with Gasteiger partial charge < -0.3 is 20.7 Å². The Balaban J connectivity index is 0.00000480. The molecule has 7 nitrogen and oxygen atoms in total. The largest absolute Gasteiger partial charge is 0.379 e. The minimum absolute atomic E-state index is 0. The summed E-state index contributed by atoms with van der Waals surface area (Å²) in [7, 11) is 1.79. The zero-order valence-corrected chi connectivity index (χ0v) is 21.8. The van der Waals surface area contributed by atoms with Crippen LogP contribution in [0.3, 0.4) is 0 Å². The number of nitrogens with zero attached hydrogens (tertiary/aromatic N) is 2. The van der Waals surface area contributed by atoms with Crippen LogP contribution in [0, 0.1) is 5.92 Å². The van der Waals surface area contributed by atoms with Gasteiger partial charge in [0.1, 0.15) is 0 Å². The van der Waals surface area contributed by atoms with E-state index < -0.39 is 0 Å². The lowest BCUT2D eigenvalue weighted by atomic mass is 10.0. The molecule has 2 rings (SSSR count). The zero-order valence-electron chi connectivity index (χ0n) is 19.4.